The third-order valence-corrected chi connectivity index (χ3v) is 3.55. The lowest BCUT2D eigenvalue weighted by Gasteiger charge is -2.09. The molecule has 0 aliphatic carbocycles. The number of benzene rings is 2. The van der Waals surface area contributed by atoms with Crippen LogP contribution < -0.4 is 10.1 Å². The zero-order chi connectivity index (χ0) is 16.8. The van der Waals surface area contributed by atoms with Crippen molar-refractivity contribution < 1.29 is 9.13 Å². The molecule has 5 heteroatoms. The third-order valence-electron chi connectivity index (χ3n) is 3.55. The Morgan fingerprint density at radius 2 is 1.83 bits per heavy atom. The lowest BCUT2D eigenvalue weighted by Crippen LogP contribution is -2.02. The lowest BCUT2D eigenvalue weighted by atomic mass is 10.2. The van der Waals surface area contributed by atoms with E-state index in [2.05, 4.69) is 15.3 Å². The van der Waals surface area contributed by atoms with E-state index in [1.165, 1.54) is 12.4 Å². The summed E-state index contributed by atoms with van der Waals surface area (Å²) in [4.78, 5) is 8.22. The molecule has 0 saturated heterocycles. The average Bonchev–Trinajstić information content (AvgIpc) is 2.60. The minimum absolute atomic E-state index is 0.213. The first-order valence-corrected chi connectivity index (χ1v) is 7.68. The number of aryl methyl sites for hydroxylation is 1. The largest absolute Gasteiger partial charge is 0.489 e. The third kappa shape index (κ3) is 4.29. The van der Waals surface area contributed by atoms with Gasteiger partial charge in [0.1, 0.15) is 30.3 Å². The van der Waals surface area contributed by atoms with E-state index in [-0.39, 0.29) is 12.4 Å². The molecule has 24 heavy (non-hydrogen) atoms. The number of hydrogen-bond acceptors (Lipinski definition) is 4. The van der Waals surface area contributed by atoms with Crippen LogP contribution in [0.1, 0.15) is 16.8 Å². The highest BCUT2D eigenvalue weighted by Crippen LogP contribution is 2.16. The van der Waals surface area contributed by atoms with Gasteiger partial charge in [-0.1, -0.05) is 30.3 Å². The maximum Gasteiger partial charge on any atom is 0.129 e. The highest BCUT2D eigenvalue weighted by atomic mass is 19.1. The van der Waals surface area contributed by atoms with Crippen molar-refractivity contribution in [1.29, 1.82) is 0 Å². The van der Waals surface area contributed by atoms with Crippen molar-refractivity contribution in [2.75, 3.05) is 5.32 Å². The van der Waals surface area contributed by atoms with Crippen LogP contribution in [0.5, 0.6) is 5.75 Å². The summed E-state index contributed by atoms with van der Waals surface area (Å²) in [6.07, 6.45) is 1.54. The lowest BCUT2D eigenvalue weighted by molar-refractivity contribution is 0.300. The van der Waals surface area contributed by atoms with Crippen molar-refractivity contribution in [3.05, 3.63) is 83.6 Å². The summed E-state index contributed by atoms with van der Waals surface area (Å²) < 4.78 is 19.2. The Morgan fingerprint density at radius 1 is 1.04 bits per heavy atom. The Hall–Kier alpha value is -2.95. The molecule has 1 heterocycles. The smallest absolute Gasteiger partial charge is 0.129 e. The molecule has 3 aromatic rings. The molecule has 1 N–H and O–H groups in total. The Morgan fingerprint density at radius 3 is 2.58 bits per heavy atom. The van der Waals surface area contributed by atoms with Gasteiger partial charge in [0.15, 0.2) is 0 Å². The summed E-state index contributed by atoms with van der Waals surface area (Å²) >= 11 is 0. The van der Waals surface area contributed by atoms with E-state index in [0.717, 1.165) is 17.1 Å². The fourth-order valence-electron chi connectivity index (χ4n) is 2.22. The molecule has 2 aromatic carbocycles. The standard InChI is InChI=1S/C19H18FN3O/c1-14-10-19(23-13-22-14)21-11-15-6-8-17(9-7-15)24-12-16-4-2-3-5-18(16)20/h2-10,13H,11-12H2,1H3,(H,21,22,23). The van der Waals surface area contributed by atoms with E-state index in [0.29, 0.717) is 17.9 Å². The van der Waals surface area contributed by atoms with Gasteiger partial charge < -0.3 is 10.1 Å². The zero-order valence-corrected chi connectivity index (χ0v) is 13.4. The second-order valence-electron chi connectivity index (χ2n) is 5.42. The van der Waals surface area contributed by atoms with Gasteiger partial charge in [-0.05, 0) is 30.7 Å². The predicted octanol–water partition coefficient (Wildman–Crippen LogP) is 4.12. The number of halogens is 1. The van der Waals surface area contributed by atoms with Gasteiger partial charge >= 0.3 is 0 Å². The topological polar surface area (TPSA) is 47.0 Å². The zero-order valence-electron chi connectivity index (χ0n) is 13.4. The molecular formula is C19H18FN3O. The first kappa shape index (κ1) is 15.9. The van der Waals surface area contributed by atoms with Crippen molar-refractivity contribution >= 4 is 5.82 Å². The van der Waals surface area contributed by atoms with E-state index in [9.17, 15) is 4.39 Å². The molecule has 4 nitrogen and oxygen atoms in total. The van der Waals surface area contributed by atoms with Crippen LogP contribution >= 0.6 is 0 Å². The van der Waals surface area contributed by atoms with Gasteiger partial charge in [0.2, 0.25) is 0 Å². The second-order valence-corrected chi connectivity index (χ2v) is 5.42. The van der Waals surface area contributed by atoms with Crippen molar-refractivity contribution in [2.45, 2.75) is 20.1 Å². The molecule has 122 valence electrons. The van der Waals surface area contributed by atoms with Gasteiger partial charge in [-0.3, -0.25) is 0 Å². The quantitative estimate of drug-likeness (QED) is 0.741. The molecule has 0 spiro atoms. The van der Waals surface area contributed by atoms with Gasteiger partial charge in [-0.2, -0.15) is 0 Å². The highest BCUT2D eigenvalue weighted by molar-refractivity contribution is 5.37. The summed E-state index contributed by atoms with van der Waals surface area (Å²) in [7, 11) is 0. The Labute approximate surface area is 140 Å². The summed E-state index contributed by atoms with van der Waals surface area (Å²) in [6, 6.07) is 16.2. The maximum absolute atomic E-state index is 13.5. The maximum atomic E-state index is 13.5. The number of nitrogens with zero attached hydrogens (tertiary/aromatic N) is 2. The highest BCUT2D eigenvalue weighted by Gasteiger charge is 2.02. The number of nitrogens with one attached hydrogen (secondary N) is 1. The molecule has 1 aromatic heterocycles. The minimum atomic E-state index is -0.251. The molecule has 0 atom stereocenters. The molecular weight excluding hydrogens is 305 g/mol. The Kier molecular flexibility index (Phi) is 5.01. The van der Waals surface area contributed by atoms with Gasteiger partial charge in [0.05, 0.1) is 0 Å². The summed E-state index contributed by atoms with van der Waals surface area (Å²) in [6.45, 7) is 2.79. The minimum Gasteiger partial charge on any atom is -0.489 e. The summed E-state index contributed by atoms with van der Waals surface area (Å²) in [5, 5.41) is 3.25. The molecule has 0 amide bonds. The van der Waals surface area contributed by atoms with E-state index in [1.54, 1.807) is 18.2 Å². The molecule has 0 radical (unpaired) electrons. The molecule has 0 fully saturated rings. The molecule has 0 saturated carbocycles. The van der Waals surface area contributed by atoms with Crippen LogP contribution in [0.3, 0.4) is 0 Å². The monoisotopic (exact) mass is 323 g/mol. The molecule has 0 unspecified atom stereocenters. The van der Waals surface area contributed by atoms with E-state index >= 15 is 0 Å². The van der Waals surface area contributed by atoms with Crippen LogP contribution in [0.15, 0.2) is 60.9 Å². The van der Waals surface area contributed by atoms with Crippen molar-refractivity contribution in [3.8, 4) is 5.75 Å². The van der Waals surface area contributed by atoms with Crippen LogP contribution in [-0.2, 0) is 13.2 Å². The van der Waals surface area contributed by atoms with E-state index in [1.807, 2.05) is 37.3 Å². The number of hydrogen-bond donors (Lipinski definition) is 1. The average molecular weight is 323 g/mol. The Bertz CT molecular complexity index is 806. The summed E-state index contributed by atoms with van der Waals surface area (Å²) in [5.41, 5.74) is 2.57. The first-order valence-electron chi connectivity index (χ1n) is 7.68. The van der Waals surface area contributed by atoms with Crippen molar-refractivity contribution in [1.82, 2.24) is 9.97 Å². The van der Waals surface area contributed by atoms with E-state index < -0.39 is 0 Å². The summed E-state index contributed by atoms with van der Waals surface area (Å²) in [5.74, 6) is 1.25. The van der Waals surface area contributed by atoms with Crippen LogP contribution in [0.2, 0.25) is 0 Å². The van der Waals surface area contributed by atoms with Crippen LogP contribution in [0, 0.1) is 12.7 Å². The number of ether oxygens (including phenoxy) is 1. The van der Waals surface area contributed by atoms with Crippen LogP contribution in [0.25, 0.3) is 0 Å². The van der Waals surface area contributed by atoms with Crippen LogP contribution in [0.4, 0.5) is 10.2 Å². The molecule has 0 aliphatic rings. The van der Waals surface area contributed by atoms with Crippen molar-refractivity contribution in [2.24, 2.45) is 0 Å². The van der Waals surface area contributed by atoms with E-state index in [4.69, 9.17) is 4.74 Å². The second kappa shape index (κ2) is 7.55. The SMILES string of the molecule is Cc1cc(NCc2ccc(OCc3ccccc3F)cc2)ncn1. The van der Waals surface area contributed by atoms with Crippen LogP contribution in [-0.4, -0.2) is 9.97 Å². The fourth-order valence-corrected chi connectivity index (χ4v) is 2.22. The van der Waals surface area contributed by atoms with Gasteiger partial charge in [0.25, 0.3) is 0 Å². The molecule has 0 aliphatic heterocycles. The van der Waals surface area contributed by atoms with Crippen molar-refractivity contribution in [3.63, 3.8) is 0 Å². The first-order chi connectivity index (χ1) is 11.7. The molecule has 0 bridgehead atoms. The fraction of sp³-hybridized carbons (Fsp3) is 0.158. The van der Waals surface area contributed by atoms with Gasteiger partial charge in [-0.15, -0.1) is 0 Å². The number of rotatable bonds is 6. The number of aromatic nitrogens is 2. The predicted molar refractivity (Wildman–Crippen MR) is 91.3 cm³/mol. The van der Waals surface area contributed by atoms with Gasteiger partial charge in [0, 0.05) is 23.9 Å². The van der Waals surface area contributed by atoms with Gasteiger partial charge in [-0.25, -0.2) is 14.4 Å². The Balaban J connectivity index is 1.54. The molecule has 3 rings (SSSR count). The number of anilines is 1. The normalized spacial score (nSPS) is 10.4.